The van der Waals surface area contributed by atoms with Crippen molar-refractivity contribution in [3.8, 4) is 0 Å². The number of aromatic nitrogens is 1. The zero-order chi connectivity index (χ0) is 16.7. The molecule has 2 aliphatic rings. The maximum Gasteiger partial charge on any atom is 0.162 e. The van der Waals surface area contributed by atoms with Crippen molar-refractivity contribution in [1.82, 2.24) is 4.98 Å². The number of carbonyl (C=O) groups excluding carboxylic acids is 1. The van der Waals surface area contributed by atoms with Gasteiger partial charge in [0, 0.05) is 17.7 Å². The second-order valence-electron chi connectivity index (χ2n) is 6.74. The van der Waals surface area contributed by atoms with E-state index < -0.39 is 0 Å². The van der Waals surface area contributed by atoms with E-state index in [9.17, 15) is 4.79 Å². The molecule has 0 saturated heterocycles. The molecule has 4 heteroatoms. The van der Waals surface area contributed by atoms with Gasteiger partial charge in [-0.05, 0) is 24.3 Å². The Labute approximate surface area is 146 Å². The van der Waals surface area contributed by atoms with E-state index in [-0.39, 0.29) is 5.41 Å². The van der Waals surface area contributed by atoms with Crippen LogP contribution in [0.1, 0.15) is 50.0 Å². The summed E-state index contributed by atoms with van der Waals surface area (Å²) >= 11 is 1.66. The topological polar surface area (TPSA) is 42.0 Å². The van der Waals surface area contributed by atoms with Gasteiger partial charge in [-0.2, -0.15) is 0 Å². The molecule has 0 radical (unpaired) electrons. The smallest absolute Gasteiger partial charge is 0.162 e. The highest BCUT2D eigenvalue weighted by molar-refractivity contribution is 7.10. The fourth-order valence-corrected chi connectivity index (χ4v) is 5.37. The normalized spacial score (nSPS) is 25.9. The summed E-state index contributed by atoms with van der Waals surface area (Å²) in [5, 5.41) is 3.49. The summed E-state index contributed by atoms with van der Waals surface area (Å²) < 4.78 is 0. The highest BCUT2D eigenvalue weighted by Crippen LogP contribution is 2.53. The third-order valence-electron chi connectivity index (χ3n) is 5.57. The van der Waals surface area contributed by atoms with Crippen molar-refractivity contribution in [2.75, 3.05) is 5.32 Å². The predicted octanol–water partition coefficient (Wildman–Crippen LogP) is 4.91. The Morgan fingerprint density at radius 1 is 1.25 bits per heavy atom. The first-order valence-electron chi connectivity index (χ1n) is 8.74. The molecule has 1 aromatic carbocycles. The van der Waals surface area contributed by atoms with E-state index in [0.717, 1.165) is 36.4 Å². The maximum absolute atomic E-state index is 13.2. The summed E-state index contributed by atoms with van der Waals surface area (Å²) in [5.74, 6) is 1.68. The van der Waals surface area contributed by atoms with Gasteiger partial charge in [-0.3, -0.25) is 4.79 Å². The summed E-state index contributed by atoms with van der Waals surface area (Å²) in [6, 6.07) is 10.5. The molecule has 1 N–H and O–H groups in total. The standard InChI is InChI=1S/C20H22N2OS/c1-3-13-10-15-17(16(23)11-13)20(4-2,14-8-6-5-7-9-14)18-19(22-15)21-12-24-18/h5-9,12-13,22H,3-4,10-11H2,1-2H3/t13-,20-/m1/s1. The first-order valence-corrected chi connectivity index (χ1v) is 9.62. The second-order valence-corrected chi connectivity index (χ2v) is 7.59. The van der Waals surface area contributed by atoms with Gasteiger partial charge in [0.1, 0.15) is 5.82 Å². The Bertz CT molecular complexity index is 808. The first kappa shape index (κ1) is 15.6. The lowest BCUT2D eigenvalue weighted by Gasteiger charge is -2.42. The zero-order valence-corrected chi connectivity index (χ0v) is 15.0. The molecule has 3 nitrogen and oxygen atoms in total. The number of allylic oxidation sites excluding steroid dienone is 2. The number of rotatable bonds is 3. The van der Waals surface area contributed by atoms with Gasteiger partial charge in [-0.1, -0.05) is 50.6 Å². The molecule has 124 valence electrons. The summed E-state index contributed by atoms with van der Waals surface area (Å²) in [6.07, 6.45) is 3.52. The number of anilines is 1. The third-order valence-corrected chi connectivity index (χ3v) is 6.56. The largest absolute Gasteiger partial charge is 0.342 e. The minimum atomic E-state index is -0.353. The average Bonchev–Trinajstić information content (AvgIpc) is 3.09. The minimum Gasteiger partial charge on any atom is -0.342 e. The molecule has 1 aliphatic heterocycles. The number of thiazole rings is 1. The van der Waals surface area contributed by atoms with Crippen LogP contribution < -0.4 is 5.32 Å². The van der Waals surface area contributed by atoms with Gasteiger partial charge in [-0.25, -0.2) is 4.98 Å². The molecule has 2 aromatic rings. The Hall–Kier alpha value is -1.94. The van der Waals surface area contributed by atoms with E-state index in [0.29, 0.717) is 18.1 Å². The Morgan fingerprint density at radius 3 is 2.75 bits per heavy atom. The number of benzene rings is 1. The number of carbonyl (C=O) groups is 1. The minimum absolute atomic E-state index is 0.306. The molecule has 0 amide bonds. The first-order chi connectivity index (χ1) is 11.7. The molecule has 0 spiro atoms. The molecule has 1 aromatic heterocycles. The molecule has 4 rings (SSSR count). The number of hydrogen-bond donors (Lipinski definition) is 1. The molecule has 0 unspecified atom stereocenters. The molecule has 2 atom stereocenters. The number of nitrogens with one attached hydrogen (secondary N) is 1. The fraction of sp³-hybridized carbons (Fsp3) is 0.400. The van der Waals surface area contributed by atoms with Crippen LogP contribution in [0.5, 0.6) is 0 Å². The van der Waals surface area contributed by atoms with Crippen LogP contribution in [-0.2, 0) is 10.2 Å². The zero-order valence-electron chi connectivity index (χ0n) is 14.1. The van der Waals surface area contributed by atoms with Gasteiger partial charge in [0.25, 0.3) is 0 Å². The van der Waals surface area contributed by atoms with Crippen LogP contribution in [0.4, 0.5) is 5.82 Å². The third kappa shape index (κ3) is 2.09. The van der Waals surface area contributed by atoms with Gasteiger partial charge < -0.3 is 5.32 Å². The summed E-state index contributed by atoms with van der Waals surface area (Å²) in [4.78, 5) is 18.9. The van der Waals surface area contributed by atoms with Crippen molar-refractivity contribution < 1.29 is 4.79 Å². The molecule has 2 heterocycles. The van der Waals surface area contributed by atoms with Crippen LogP contribution in [-0.4, -0.2) is 10.8 Å². The van der Waals surface area contributed by atoms with Crippen molar-refractivity contribution in [1.29, 1.82) is 0 Å². The van der Waals surface area contributed by atoms with Crippen LogP contribution in [0, 0.1) is 5.92 Å². The predicted molar refractivity (Wildman–Crippen MR) is 98.3 cm³/mol. The van der Waals surface area contributed by atoms with Crippen molar-refractivity contribution in [2.24, 2.45) is 5.92 Å². The highest BCUT2D eigenvalue weighted by atomic mass is 32.1. The van der Waals surface area contributed by atoms with E-state index in [1.54, 1.807) is 11.3 Å². The van der Waals surface area contributed by atoms with Gasteiger partial charge in [0.05, 0.1) is 15.8 Å². The van der Waals surface area contributed by atoms with Gasteiger partial charge in [0.2, 0.25) is 0 Å². The lowest BCUT2D eigenvalue weighted by molar-refractivity contribution is -0.117. The monoisotopic (exact) mass is 338 g/mol. The molecule has 1 aliphatic carbocycles. The summed E-state index contributed by atoms with van der Waals surface area (Å²) in [5.41, 5.74) is 4.83. The summed E-state index contributed by atoms with van der Waals surface area (Å²) in [6.45, 7) is 4.36. The van der Waals surface area contributed by atoms with Crippen molar-refractivity contribution in [2.45, 2.75) is 44.9 Å². The number of Topliss-reactive ketones (excluding diaryl/α,β-unsaturated/α-hetero) is 1. The van der Waals surface area contributed by atoms with Crippen LogP contribution in [0.2, 0.25) is 0 Å². The average molecular weight is 338 g/mol. The van der Waals surface area contributed by atoms with Crippen molar-refractivity contribution >= 4 is 22.9 Å². The molecular formula is C20H22N2OS. The van der Waals surface area contributed by atoms with Crippen LogP contribution in [0.3, 0.4) is 0 Å². The van der Waals surface area contributed by atoms with Gasteiger partial charge in [0.15, 0.2) is 5.78 Å². The van der Waals surface area contributed by atoms with E-state index >= 15 is 0 Å². The van der Waals surface area contributed by atoms with Gasteiger partial charge in [-0.15, -0.1) is 11.3 Å². The highest BCUT2D eigenvalue weighted by Gasteiger charge is 2.48. The molecule has 24 heavy (non-hydrogen) atoms. The van der Waals surface area contributed by atoms with Crippen molar-refractivity contribution in [3.63, 3.8) is 0 Å². The lowest BCUT2D eigenvalue weighted by atomic mass is 9.64. The van der Waals surface area contributed by atoms with Crippen molar-refractivity contribution in [3.05, 3.63) is 57.6 Å². The second kappa shape index (κ2) is 5.85. The summed E-state index contributed by atoms with van der Waals surface area (Å²) in [7, 11) is 0. The molecule has 0 fully saturated rings. The SMILES string of the molecule is CC[C@H]1CC(=O)C2=C(C1)Nc1ncsc1[C@]2(CC)c1ccccc1. The maximum atomic E-state index is 13.2. The number of hydrogen-bond acceptors (Lipinski definition) is 4. The molecule has 0 saturated carbocycles. The van der Waals surface area contributed by atoms with E-state index in [1.165, 1.54) is 10.4 Å². The quantitative estimate of drug-likeness (QED) is 0.865. The Balaban J connectivity index is 1.99. The van der Waals surface area contributed by atoms with Crippen LogP contribution in [0.15, 0.2) is 47.1 Å². The number of fused-ring (bicyclic) bond motifs is 1. The van der Waals surface area contributed by atoms with Crippen LogP contribution >= 0.6 is 11.3 Å². The van der Waals surface area contributed by atoms with E-state index in [2.05, 4.69) is 48.4 Å². The Morgan fingerprint density at radius 2 is 2.04 bits per heavy atom. The molecular weight excluding hydrogens is 316 g/mol. The lowest BCUT2D eigenvalue weighted by Crippen LogP contribution is -2.41. The molecule has 0 bridgehead atoms. The number of ketones is 1. The Kier molecular flexibility index (Phi) is 3.80. The van der Waals surface area contributed by atoms with E-state index in [4.69, 9.17) is 0 Å². The van der Waals surface area contributed by atoms with Crippen LogP contribution in [0.25, 0.3) is 0 Å². The van der Waals surface area contributed by atoms with E-state index in [1.807, 2.05) is 11.6 Å². The fourth-order valence-electron chi connectivity index (χ4n) is 4.33. The van der Waals surface area contributed by atoms with Gasteiger partial charge >= 0.3 is 0 Å². The number of nitrogens with zero attached hydrogens (tertiary/aromatic N) is 1.